The van der Waals surface area contributed by atoms with Gasteiger partial charge >= 0.3 is 6.18 Å². The zero-order valence-corrected chi connectivity index (χ0v) is 15.5. The number of halogens is 4. The molecule has 4 rings (SSSR count). The van der Waals surface area contributed by atoms with Gasteiger partial charge < -0.3 is 10.1 Å². The van der Waals surface area contributed by atoms with Crippen molar-refractivity contribution in [3.63, 3.8) is 0 Å². The number of aromatic nitrogens is 3. The van der Waals surface area contributed by atoms with Crippen LogP contribution in [0.5, 0.6) is 11.5 Å². The highest BCUT2D eigenvalue weighted by atomic mass is 19.4. The molecule has 0 aliphatic heterocycles. The summed E-state index contributed by atoms with van der Waals surface area (Å²) in [5, 5.41) is 2.23. The number of anilines is 1. The molecular formula is C21H12F4N4O2. The van der Waals surface area contributed by atoms with Crippen LogP contribution in [-0.2, 0) is 6.18 Å². The van der Waals surface area contributed by atoms with Gasteiger partial charge in [0.1, 0.15) is 17.3 Å². The summed E-state index contributed by atoms with van der Waals surface area (Å²) in [5.41, 5.74) is -0.391. The monoisotopic (exact) mass is 428 g/mol. The predicted molar refractivity (Wildman–Crippen MR) is 103 cm³/mol. The summed E-state index contributed by atoms with van der Waals surface area (Å²) in [4.78, 5) is 23.9. The molecule has 0 fully saturated rings. The number of amides is 1. The molecule has 0 atom stereocenters. The second kappa shape index (κ2) is 7.98. The molecule has 0 aliphatic rings. The maximum atomic E-state index is 14.4. The van der Waals surface area contributed by atoms with Gasteiger partial charge in [-0.3, -0.25) is 19.7 Å². The average Bonchev–Trinajstić information content (AvgIpc) is 2.75. The van der Waals surface area contributed by atoms with E-state index in [4.69, 9.17) is 4.74 Å². The van der Waals surface area contributed by atoms with Gasteiger partial charge in [0.2, 0.25) is 0 Å². The molecule has 31 heavy (non-hydrogen) atoms. The lowest BCUT2D eigenvalue weighted by atomic mass is 10.2. The second-order valence-electron chi connectivity index (χ2n) is 6.36. The average molecular weight is 428 g/mol. The summed E-state index contributed by atoms with van der Waals surface area (Å²) >= 11 is 0. The number of ether oxygens (including phenoxy) is 1. The number of carbonyl (C=O) groups excluding carboxylic acids is 1. The Morgan fingerprint density at radius 2 is 1.61 bits per heavy atom. The van der Waals surface area contributed by atoms with E-state index in [1.807, 2.05) is 0 Å². The zero-order valence-electron chi connectivity index (χ0n) is 15.5. The van der Waals surface area contributed by atoms with Crippen molar-refractivity contribution in [1.29, 1.82) is 0 Å². The number of hydrogen-bond acceptors (Lipinski definition) is 5. The van der Waals surface area contributed by atoms with E-state index < -0.39 is 23.5 Å². The minimum Gasteiger partial charge on any atom is -0.457 e. The Kier molecular flexibility index (Phi) is 5.20. The molecule has 0 bridgehead atoms. The number of hydrogen-bond donors (Lipinski definition) is 1. The highest BCUT2D eigenvalue weighted by molar-refractivity contribution is 6.04. The van der Waals surface area contributed by atoms with Crippen molar-refractivity contribution in [3.05, 3.63) is 84.2 Å². The highest BCUT2D eigenvalue weighted by Crippen LogP contribution is 2.30. The fraction of sp³-hybridized carbons (Fsp3) is 0.0476. The van der Waals surface area contributed by atoms with Gasteiger partial charge in [-0.2, -0.15) is 13.2 Å². The van der Waals surface area contributed by atoms with Crippen molar-refractivity contribution in [2.75, 3.05) is 5.32 Å². The van der Waals surface area contributed by atoms with E-state index in [1.165, 1.54) is 18.3 Å². The highest BCUT2D eigenvalue weighted by Gasteiger charge is 2.31. The molecule has 0 saturated carbocycles. The van der Waals surface area contributed by atoms with E-state index in [-0.39, 0.29) is 17.0 Å². The first-order valence-electron chi connectivity index (χ1n) is 8.81. The quantitative estimate of drug-likeness (QED) is 0.451. The summed E-state index contributed by atoms with van der Waals surface area (Å²) in [6, 6.07) is 9.31. The Morgan fingerprint density at radius 1 is 0.903 bits per heavy atom. The molecule has 0 radical (unpaired) electrons. The Hall–Kier alpha value is -4.08. The summed E-state index contributed by atoms with van der Waals surface area (Å²) in [6.07, 6.45) is -0.00378. The van der Waals surface area contributed by atoms with E-state index in [2.05, 4.69) is 20.3 Å². The fourth-order valence-corrected chi connectivity index (χ4v) is 2.72. The van der Waals surface area contributed by atoms with E-state index >= 15 is 0 Å². The first kappa shape index (κ1) is 20.2. The Bertz CT molecular complexity index is 1280. The Morgan fingerprint density at radius 3 is 2.35 bits per heavy atom. The van der Waals surface area contributed by atoms with Crippen LogP contribution in [-0.4, -0.2) is 20.9 Å². The molecule has 2 aromatic carbocycles. The van der Waals surface area contributed by atoms with Crippen molar-refractivity contribution >= 4 is 22.6 Å². The number of nitrogens with one attached hydrogen (secondary N) is 1. The molecule has 1 N–H and O–H groups in total. The predicted octanol–water partition coefficient (Wildman–Crippen LogP) is 5.23. The molecule has 0 saturated heterocycles. The number of fused-ring (bicyclic) bond motifs is 1. The number of benzene rings is 2. The summed E-state index contributed by atoms with van der Waals surface area (Å²) in [5.74, 6) is -1.20. The van der Waals surface area contributed by atoms with Gasteiger partial charge in [0.15, 0.2) is 0 Å². The first-order chi connectivity index (χ1) is 14.8. The lowest BCUT2D eigenvalue weighted by Crippen LogP contribution is -2.15. The molecule has 10 heteroatoms. The number of rotatable bonds is 4. The first-order valence-corrected chi connectivity index (χ1v) is 8.81. The van der Waals surface area contributed by atoms with Crippen LogP contribution in [0.25, 0.3) is 11.0 Å². The molecule has 2 heterocycles. The number of alkyl halides is 3. The molecule has 2 aromatic heterocycles. The molecular weight excluding hydrogens is 416 g/mol. The van der Waals surface area contributed by atoms with Gasteiger partial charge in [-0.05, 0) is 30.3 Å². The van der Waals surface area contributed by atoms with Crippen LogP contribution in [0.2, 0.25) is 0 Å². The van der Waals surface area contributed by atoms with Gasteiger partial charge in [0.05, 0.1) is 27.8 Å². The van der Waals surface area contributed by atoms with Crippen molar-refractivity contribution in [3.8, 4) is 11.5 Å². The molecule has 6 nitrogen and oxygen atoms in total. The topological polar surface area (TPSA) is 77.0 Å². The minimum atomic E-state index is -4.65. The van der Waals surface area contributed by atoms with Crippen molar-refractivity contribution < 1.29 is 27.1 Å². The normalized spacial score (nSPS) is 11.4. The molecule has 156 valence electrons. The molecule has 4 aromatic rings. The number of pyridine rings is 1. The third-order valence-electron chi connectivity index (χ3n) is 4.19. The van der Waals surface area contributed by atoms with Crippen molar-refractivity contribution in [1.82, 2.24) is 15.0 Å². The SMILES string of the molecule is O=C(Nc1ccc(Oc2ccc3nccnc3c2)cc1F)c1cncc(C(F)(F)F)c1. The number of carbonyl (C=O) groups is 1. The maximum Gasteiger partial charge on any atom is 0.417 e. The van der Waals surface area contributed by atoms with Crippen LogP contribution in [0.3, 0.4) is 0 Å². The zero-order chi connectivity index (χ0) is 22.0. The van der Waals surface area contributed by atoms with Crippen LogP contribution in [0.15, 0.2) is 67.3 Å². The van der Waals surface area contributed by atoms with Crippen molar-refractivity contribution in [2.24, 2.45) is 0 Å². The van der Waals surface area contributed by atoms with Gasteiger partial charge in [-0.15, -0.1) is 0 Å². The van der Waals surface area contributed by atoms with E-state index in [0.29, 0.717) is 29.0 Å². The maximum absolute atomic E-state index is 14.4. The van der Waals surface area contributed by atoms with E-state index in [1.54, 1.807) is 24.4 Å². The minimum absolute atomic E-state index is 0.152. The van der Waals surface area contributed by atoms with Crippen LogP contribution in [0, 0.1) is 5.82 Å². The summed E-state index contributed by atoms with van der Waals surface area (Å²) in [7, 11) is 0. The van der Waals surface area contributed by atoms with Gasteiger partial charge in [-0.25, -0.2) is 4.39 Å². The van der Waals surface area contributed by atoms with Gasteiger partial charge in [0.25, 0.3) is 5.91 Å². The standard InChI is InChI=1S/C21H12F4N4O2/c22-16-8-14(31-15-2-4-18-19(9-15)28-6-5-27-18)1-3-17(16)29-20(30)12-7-13(11-26-10-12)21(23,24)25/h1-11H,(H,29,30). The summed E-state index contributed by atoms with van der Waals surface area (Å²) < 4.78 is 58.4. The molecule has 0 unspecified atom stereocenters. The lowest BCUT2D eigenvalue weighted by Gasteiger charge is -2.11. The largest absolute Gasteiger partial charge is 0.457 e. The van der Waals surface area contributed by atoms with E-state index in [9.17, 15) is 22.4 Å². The smallest absolute Gasteiger partial charge is 0.417 e. The summed E-state index contributed by atoms with van der Waals surface area (Å²) in [6.45, 7) is 0. The second-order valence-corrected chi connectivity index (χ2v) is 6.36. The van der Waals surface area contributed by atoms with Crippen LogP contribution < -0.4 is 10.1 Å². The molecule has 0 aliphatic carbocycles. The Labute approximate surface area is 172 Å². The Balaban J connectivity index is 1.50. The lowest BCUT2D eigenvalue weighted by molar-refractivity contribution is -0.137. The van der Waals surface area contributed by atoms with E-state index in [0.717, 1.165) is 12.3 Å². The third kappa shape index (κ3) is 4.58. The number of nitrogens with zero attached hydrogens (tertiary/aromatic N) is 3. The van der Waals surface area contributed by atoms with Gasteiger partial charge in [0, 0.05) is 36.9 Å². The van der Waals surface area contributed by atoms with Crippen LogP contribution >= 0.6 is 0 Å². The van der Waals surface area contributed by atoms with Crippen LogP contribution in [0.1, 0.15) is 15.9 Å². The van der Waals surface area contributed by atoms with Crippen LogP contribution in [0.4, 0.5) is 23.2 Å². The van der Waals surface area contributed by atoms with Gasteiger partial charge in [-0.1, -0.05) is 0 Å². The van der Waals surface area contributed by atoms with Crippen molar-refractivity contribution in [2.45, 2.75) is 6.18 Å². The fourth-order valence-electron chi connectivity index (χ4n) is 2.72. The third-order valence-corrected chi connectivity index (χ3v) is 4.19. The molecule has 1 amide bonds. The molecule has 0 spiro atoms.